The lowest BCUT2D eigenvalue weighted by molar-refractivity contribution is 0.0831. The van der Waals surface area contributed by atoms with Crippen molar-refractivity contribution in [3.8, 4) is 23.2 Å². The van der Waals surface area contributed by atoms with Gasteiger partial charge in [-0.25, -0.2) is 14.4 Å². The molecule has 0 saturated carbocycles. The number of aryl methyl sites for hydroxylation is 1. The molecule has 2 aromatic heterocycles. The predicted octanol–water partition coefficient (Wildman–Crippen LogP) is 3.38. The Hall–Kier alpha value is -3.80. The number of ketones is 1. The number of hydrogen-bond acceptors (Lipinski definition) is 7. The standard InChI is InChI=1S/C22H21FN6O2/c1-11-14-7-12(23)5-6-13(14)19(30)22(2,3)8-15-18(17(9-24)29(4)28-15)16-10-26-20(25)21(27-16)31-11/h5-7,10-11H,8H2,1-4H3,(H2,25,26). The lowest BCUT2D eigenvalue weighted by Crippen LogP contribution is -2.29. The molecule has 1 unspecified atom stereocenters. The molecule has 2 N–H and O–H groups in total. The highest BCUT2D eigenvalue weighted by Gasteiger charge is 2.35. The Morgan fingerprint density at radius 1 is 1.39 bits per heavy atom. The van der Waals surface area contributed by atoms with Crippen molar-refractivity contribution < 1.29 is 13.9 Å². The number of aromatic nitrogens is 4. The van der Waals surface area contributed by atoms with Gasteiger partial charge in [-0.1, -0.05) is 13.8 Å². The fourth-order valence-corrected chi connectivity index (χ4v) is 3.86. The molecule has 1 aliphatic rings. The van der Waals surface area contributed by atoms with Crippen LogP contribution >= 0.6 is 0 Å². The van der Waals surface area contributed by atoms with Gasteiger partial charge in [0.15, 0.2) is 11.6 Å². The molecule has 0 radical (unpaired) electrons. The topological polar surface area (TPSA) is 120 Å². The molecule has 31 heavy (non-hydrogen) atoms. The van der Waals surface area contributed by atoms with Crippen molar-refractivity contribution >= 4 is 11.6 Å². The van der Waals surface area contributed by atoms with Gasteiger partial charge in [-0.15, -0.1) is 0 Å². The molecule has 1 aromatic carbocycles. The third kappa shape index (κ3) is 3.40. The van der Waals surface area contributed by atoms with E-state index in [1.165, 1.54) is 29.1 Å². The Kier molecular flexibility index (Phi) is 4.73. The molecule has 0 amide bonds. The summed E-state index contributed by atoms with van der Waals surface area (Å²) in [6.07, 6.45) is 0.965. The number of nitriles is 1. The van der Waals surface area contributed by atoms with E-state index in [1.54, 1.807) is 27.8 Å². The molecule has 0 aliphatic carbocycles. The number of Topliss-reactive ketones (excluding diaryl/α,β-unsaturated/α-hetero) is 1. The van der Waals surface area contributed by atoms with Crippen molar-refractivity contribution in [2.24, 2.45) is 12.5 Å². The summed E-state index contributed by atoms with van der Waals surface area (Å²) in [7, 11) is 1.65. The van der Waals surface area contributed by atoms with Gasteiger partial charge in [-0.05, 0) is 25.1 Å². The molecule has 1 aliphatic heterocycles. The minimum Gasteiger partial charge on any atom is -0.467 e. The number of benzene rings is 1. The number of halogens is 1. The molecule has 3 aromatic rings. The maximum atomic E-state index is 14.1. The van der Waals surface area contributed by atoms with Gasteiger partial charge in [0.1, 0.15) is 23.7 Å². The van der Waals surface area contributed by atoms with E-state index in [-0.39, 0.29) is 29.6 Å². The molecule has 0 saturated heterocycles. The van der Waals surface area contributed by atoms with Gasteiger partial charge < -0.3 is 10.5 Å². The van der Waals surface area contributed by atoms with Crippen molar-refractivity contribution in [3.05, 3.63) is 52.7 Å². The van der Waals surface area contributed by atoms with Crippen LogP contribution in [0.3, 0.4) is 0 Å². The minimum absolute atomic E-state index is 0.0335. The fourth-order valence-electron chi connectivity index (χ4n) is 3.86. The minimum atomic E-state index is -0.897. The molecule has 3 heterocycles. The summed E-state index contributed by atoms with van der Waals surface area (Å²) in [6.45, 7) is 5.28. The number of hydrogen-bond donors (Lipinski definition) is 1. The largest absolute Gasteiger partial charge is 0.467 e. The SMILES string of the molecule is CC1Oc2nc(cnc2N)-c2c(nn(C)c2C#N)CC(C)(C)C(=O)c2ccc(F)cc21. The number of nitrogens with zero attached hydrogens (tertiary/aromatic N) is 5. The van der Waals surface area contributed by atoms with Gasteiger partial charge in [0.25, 0.3) is 5.88 Å². The Balaban J connectivity index is 2.02. The van der Waals surface area contributed by atoms with Crippen molar-refractivity contribution in [3.63, 3.8) is 0 Å². The fraction of sp³-hybridized carbons (Fsp3) is 0.318. The highest BCUT2D eigenvalue weighted by Crippen LogP contribution is 2.37. The van der Waals surface area contributed by atoms with E-state index < -0.39 is 17.3 Å². The van der Waals surface area contributed by atoms with Crippen LogP contribution in [0.4, 0.5) is 10.2 Å². The normalized spacial score (nSPS) is 17.4. The van der Waals surface area contributed by atoms with E-state index in [2.05, 4.69) is 21.1 Å². The summed E-state index contributed by atoms with van der Waals surface area (Å²) in [6, 6.07) is 6.14. The quantitative estimate of drug-likeness (QED) is 0.592. The Morgan fingerprint density at radius 3 is 2.84 bits per heavy atom. The second kappa shape index (κ2) is 7.16. The first-order valence-corrected chi connectivity index (χ1v) is 9.72. The number of nitrogen functional groups attached to an aromatic ring is 1. The molecule has 0 fully saturated rings. The zero-order valence-electron chi connectivity index (χ0n) is 17.6. The van der Waals surface area contributed by atoms with Gasteiger partial charge in [0, 0.05) is 30.0 Å². The second-order valence-corrected chi connectivity index (χ2v) is 8.23. The molecule has 8 nitrogen and oxygen atoms in total. The molecule has 158 valence electrons. The molecule has 9 heteroatoms. The van der Waals surface area contributed by atoms with Crippen LogP contribution in [0, 0.1) is 22.6 Å². The van der Waals surface area contributed by atoms with Gasteiger partial charge in [-0.3, -0.25) is 9.48 Å². The van der Waals surface area contributed by atoms with E-state index >= 15 is 0 Å². The van der Waals surface area contributed by atoms with Gasteiger partial charge in [-0.2, -0.15) is 10.4 Å². The maximum Gasteiger partial charge on any atom is 0.258 e. The number of carbonyl (C=O) groups excluding carboxylic acids is 1. The number of anilines is 1. The van der Waals surface area contributed by atoms with Gasteiger partial charge in [0.05, 0.1) is 23.1 Å². The zero-order valence-corrected chi connectivity index (χ0v) is 17.6. The van der Waals surface area contributed by atoms with Crippen LogP contribution < -0.4 is 10.5 Å². The van der Waals surface area contributed by atoms with Gasteiger partial charge in [0.2, 0.25) is 0 Å². The van der Waals surface area contributed by atoms with Crippen LogP contribution in [0.25, 0.3) is 11.3 Å². The molecule has 2 bridgehead atoms. The average Bonchev–Trinajstić information content (AvgIpc) is 3.02. The third-order valence-electron chi connectivity index (χ3n) is 5.46. The highest BCUT2D eigenvalue weighted by atomic mass is 19.1. The Labute approximate surface area is 178 Å². The van der Waals surface area contributed by atoms with E-state index in [9.17, 15) is 14.4 Å². The maximum absolute atomic E-state index is 14.1. The first-order valence-electron chi connectivity index (χ1n) is 9.72. The smallest absolute Gasteiger partial charge is 0.258 e. The molecular weight excluding hydrogens is 399 g/mol. The highest BCUT2D eigenvalue weighted by molar-refractivity contribution is 6.01. The van der Waals surface area contributed by atoms with Crippen molar-refractivity contribution in [1.29, 1.82) is 5.26 Å². The summed E-state index contributed by atoms with van der Waals surface area (Å²) in [5.74, 6) is -0.589. The second-order valence-electron chi connectivity index (χ2n) is 8.23. The van der Waals surface area contributed by atoms with Crippen molar-refractivity contribution in [2.45, 2.75) is 33.3 Å². The average molecular weight is 420 g/mol. The van der Waals surface area contributed by atoms with Gasteiger partial charge >= 0.3 is 0 Å². The number of rotatable bonds is 0. The van der Waals surface area contributed by atoms with E-state index in [0.29, 0.717) is 28.1 Å². The monoisotopic (exact) mass is 420 g/mol. The summed E-state index contributed by atoms with van der Waals surface area (Å²) >= 11 is 0. The van der Waals surface area contributed by atoms with Crippen LogP contribution in [0.1, 0.15) is 54.2 Å². The molecular formula is C22H21FN6O2. The van der Waals surface area contributed by atoms with Crippen LogP contribution in [0.2, 0.25) is 0 Å². The Bertz CT molecular complexity index is 1260. The van der Waals surface area contributed by atoms with Crippen LogP contribution in [-0.2, 0) is 13.5 Å². The molecule has 1 atom stereocenters. The van der Waals surface area contributed by atoms with Crippen LogP contribution in [-0.4, -0.2) is 25.5 Å². The third-order valence-corrected chi connectivity index (χ3v) is 5.46. The molecule has 4 rings (SSSR count). The van der Waals surface area contributed by atoms with E-state index in [1.807, 2.05) is 0 Å². The number of fused-ring (bicyclic) bond motifs is 5. The Morgan fingerprint density at radius 2 is 2.13 bits per heavy atom. The number of nitrogens with two attached hydrogens (primary N) is 1. The summed E-state index contributed by atoms with van der Waals surface area (Å²) in [5, 5.41) is 14.2. The zero-order chi connectivity index (χ0) is 22.5. The van der Waals surface area contributed by atoms with Crippen LogP contribution in [0.5, 0.6) is 5.88 Å². The summed E-state index contributed by atoms with van der Waals surface area (Å²) in [5.41, 5.74) is 7.47. The lowest BCUT2D eigenvalue weighted by atomic mass is 9.78. The molecule has 0 spiro atoms. The lowest BCUT2D eigenvalue weighted by Gasteiger charge is -2.26. The van der Waals surface area contributed by atoms with Crippen LogP contribution in [0.15, 0.2) is 24.4 Å². The number of carbonyl (C=O) groups is 1. The van der Waals surface area contributed by atoms with E-state index in [4.69, 9.17) is 10.5 Å². The first kappa shape index (κ1) is 20.5. The predicted molar refractivity (Wildman–Crippen MR) is 111 cm³/mol. The number of ether oxygens (including phenoxy) is 1. The summed E-state index contributed by atoms with van der Waals surface area (Å²) in [4.78, 5) is 22.2. The summed E-state index contributed by atoms with van der Waals surface area (Å²) < 4.78 is 21.4. The van der Waals surface area contributed by atoms with Crippen molar-refractivity contribution in [1.82, 2.24) is 19.7 Å². The van der Waals surface area contributed by atoms with Crippen molar-refractivity contribution in [2.75, 3.05) is 5.73 Å². The first-order chi connectivity index (χ1) is 14.6. The van der Waals surface area contributed by atoms with E-state index in [0.717, 1.165) is 0 Å².